The fourth-order valence-electron chi connectivity index (χ4n) is 1.92. The highest BCUT2D eigenvalue weighted by molar-refractivity contribution is 7.12. The lowest BCUT2D eigenvalue weighted by Gasteiger charge is -2.02. The number of carbonyl (C=O) groups excluding carboxylic acids is 1. The van der Waals surface area contributed by atoms with E-state index in [0.717, 1.165) is 41.6 Å². The van der Waals surface area contributed by atoms with Gasteiger partial charge in [-0.15, -0.1) is 11.3 Å². The minimum atomic E-state index is 0.00620. The molecule has 0 bridgehead atoms. The fourth-order valence-corrected chi connectivity index (χ4v) is 2.86. The Morgan fingerprint density at radius 1 is 1.48 bits per heavy atom. The van der Waals surface area contributed by atoms with Crippen molar-refractivity contribution in [1.82, 2.24) is 20.1 Å². The van der Waals surface area contributed by atoms with Gasteiger partial charge in [0.15, 0.2) is 0 Å². The van der Waals surface area contributed by atoms with Gasteiger partial charge in [0.2, 0.25) is 11.0 Å². The van der Waals surface area contributed by atoms with Crippen LogP contribution < -0.4 is 5.32 Å². The van der Waals surface area contributed by atoms with Crippen LogP contribution in [-0.4, -0.2) is 27.2 Å². The molecule has 0 saturated carbocycles. The van der Waals surface area contributed by atoms with E-state index in [9.17, 15) is 4.79 Å². The average Bonchev–Trinajstić information content (AvgIpc) is 3.00. The van der Waals surface area contributed by atoms with Crippen molar-refractivity contribution < 1.29 is 4.79 Å². The Labute approximate surface area is 133 Å². The summed E-state index contributed by atoms with van der Waals surface area (Å²) >= 11 is 7.60. The molecule has 7 heteroatoms. The second kappa shape index (κ2) is 7.04. The van der Waals surface area contributed by atoms with Crippen LogP contribution in [0.1, 0.15) is 36.8 Å². The van der Waals surface area contributed by atoms with E-state index >= 15 is 0 Å². The van der Waals surface area contributed by atoms with E-state index in [-0.39, 0.29) is 5.91 Å². The zero-order valence-electron chi connectivity index (χ0n) is 12.4. The monoisotopic (exact) mass is 326 g/mol. The first kappa shape index (κ1) is 16.0. The van der Waals surface area contributed by atoms with Gasteiger partial charge in [-0.3, -0.25) is 4.79 Å². The van der Waals surface area contributed by atoms with Gasteiger partial charge in [0.1, 0.15) is 0 Å². The van der Waals surface area contributed by atoms with Crippen molar-refractivity contribution in [2.75, 3.05) is 6.54 Å². The minimum absolute atomic E-state index is 0.00620. The molecule has 0 aliphatic heterocycles. The Morgan fingerprint density at radius 2 is 2.24 bits per heavy atom. The van der Waals surface area contributed by atoms with Crippen molar-refractivity contribution in [3.63, 3.8) is 0 Å². The van der Waals surface area contributed by atoms with E-state index in [1.165, 1.54) is 11.3 Å². The molecule has 0 unspecified atom stereocenters. The van der Waals surface area contributed by atoms with Gasteiger partial charge in [0.25, 0.3) is 0 Å². The van der Waals surface area contributed by atoms with Crippen molar-refractivity contribution in [2.45, 2.75) is 40.0 Å². The maximum atomic E-state index is 11.8. The van der Waals surface area contributed by atoms with Crippen molar-refractivity contribution in [3.05, 3.63) is 27.5 Å². The molecule has 1 amide bonds. The molecule has 2 heterocycles. The van der Waals surface area contributed by atoms with Gasteiger partial charge in [0.05, 0.1) is 28.5 Å². The first-order valence-electron chi connectivity index (χ1n) is 6.96. The Morgan fingerprint density at radius 3 is 2.86 bits per heavy atom. The lowest BCUT2D eigenvalue weighted by atomic mass is 10.3. The predicted octanol–water partition coefficient (Wildman–Crippen LogP) is 3.06. The highest BCUT2D eigenvalue weighted by Crippen LogP contribution is 2.24. The molecule has 5 nitrogen and oxygen atoms in total. The Hall–Kier alpha value is -1.40. The summed E-state index contributed by atoms with van der Waals surface area (Å²) in [6.45, 7) is 6.58. The van der Waals surface area contributed by atoms with Crippen LogP contribution in [-0.2, 0) is 11.2 Å². The Balaban J connectivity index is 2.04. The largest absolute Gasteiger partial charge is 0.356 e. The molecule has 114 valence electrons. The number of rotatable bonds is 6. The van der Waals surface area contributed by atoms with Gasteiger partial charge >= 0.3 is 0 Å². The standard InChI is InChI=1S/C14H19ClN4OS/c1-4-5-6-16-12(20)7-11-8-21-14(17-11)19-10(3)13(15)9(2)18-19/h8H,4-7H2,1-3H3,(H,16,20). The van der Waals surface area contributed by atoms with E-state index in [0.29, 0.717) is 11.4 Å². The molecule has 0 aliphatic carbocycles. The zero-order chi connectivity index (χ0) is 15.4. The smallest absolute Gasteiger partial charge is 0.226 e. The summed E-state index contributed by atoms with van der Waals surface area (Å²) in [6.07, 6.45) is 2.37. The summed E-state index contributed by atoms with van der Waals surface area (Å²) < 4.78 is 1.72. The molecule has 1 N–H and O–H groups in total. The number of hydrogen-bond acceptors (Lipinski definition) is 4. The third kappa shape index (κ3) is 3.83. The molecule has 2 aromatic rings. The van der Waals surface area contributed by atoms with Crippen LogP contribution in [0.15, 0.2) is 5.38 Å². The molecule has 0 aliphatic rings. The molecular formula is C14H19ClN4OS. The van der Waals surface area contributed by atoms with Crippen molar-refractivity contribution in [1.29, 1.82) is 0 Å². The third-order valence-electron chi connectivity index (χ3n) is 3.12. The van der Waals surface area contributed by atoms with Crippen LogP contribution in [0, 0.1) is 13.8 Å². The number of thiazole rings is 1. The first-order chi connectivity index (χ1) is 10.0. The van der Waals surface area contributed by atoms with E-state index in [4.69, 9.17) is 11.6 Å². The maximum absolute atomic E-state index is 11.8. The molecule has 0 atom stereocenters. The molecule has 2 aromatic heterocycles. The number of unbranched alkanes of at least 4 members (excludes halogenated alkanes) is 1. The lowest BCUT2D eigenvalue weighted by molar-refractivity contribution is -0.120. The van der Waals surface area contributed by atoms with E-state index in [1.807, 2.05) is 19.2 Å². The lowest BCUT2D eigenvalue weighted by Crippen LogP contribution is -2.26. The van der Waals surface area contributed by atoms with Crippen molar-refractivity contribution >= 4 is 28.8 Å². The number of aryl methyl sites for hydroxylation is 1. The number of nitrogens with one attached hydrogen (secondary N) is 1. The molecule has 0 fully saturated rings. The second-order valence-electron chi connectivity index (χ2n) is 4.90. The van der Waals surface area contributed by atoms with Crippen LogP contribution in [0.25, 0.3) is 5.13 Å². The van der Waals surface area contributed by atoms with Crippen LogP contribution in [0.3, 0.4) is 0 Å². The summed E-state index contributed by atoms with van der Waals surface area (Å²) in [5, 5.41) is 10.5. The highest BCUT2D eigenvalue weighted by Gasteiger charge is 2.14. The second-order valence-corrected chi connectivity index (χ2v) is 6.11. The summed E-state index contributed by atoms with van der Waals surface area (Å²) in [4.78, 5) is 16.2. The minimum Gasteiger partial charge on any atom is -0.356 e. The number of halogens is 1. The topological polar surface area (TPSA) is 59.8 Å². The van der Waals surface area contributed by atoms with Crippen LogP contribution in [0.4, 0.5) is 0 Å². The molecule has 0 radical (unpaired) electrons. The number of amides is 1. The van der Waals surface area contributed by atoms with Crippen LogP contribution in [0.2, 0.25) is 5.02 Å². The molecular weight excluding hydrogens is 308 g/mol. The van der Waals surface area contributed by atoms with Crippen molar-refractivity contribution in [2.24, 2.45) is 0 Å². The third-order valence-corrected chi connectivity index (χ3v) is 4.53. The van der Waals surface area contributed by atoms with Gasteiger partial charge in [-0.1, -0.05) is 24.9 Å². The van der Waals surface area contributed by atoms with E-state index in [2.05, 4.69) is 22.3 Å². The number of hydrogen-bond donors (Lipinski definition) is 1. The van der Waals surface area contributed by atoms with Gasteiger partial charge in [-0.2, -0.15) is 5.10 Å². The van der Waals surface area contributed by atoms with Crippen LogP contribution in [0.5, 0.6) is 0 Å². The van der Waals surface area contributed by atoms with E-state index in [1.54, 1.807) is 4.68 Å². The quantitative estimate of drug-likeness (QED) is 0.830. The summed E-state index contributed by atoms with van der Waals surface area (Å²) in [6, 6.07) is 0. The maximum Gasteiger partial charge on any atom is 0.226 e. The van der Waals surface area contributed by atoms with Gasteiger partial charge in [0, 0.05) is 11.9 Å². The highest BCUT2D eigenvalue weighted by atomic mass is 35.5. The molecule has 2 rings (SSSR count). The number of aromatic nitrogens is 3. The van der Waals surface area contributed by atoms with Gasteiger partial charge in [-0.25, -0.2) is 9.67 Å². The molecule has 0 spiro atoms. The zero-order valence-corrected chi connectivity index (χ0v) is 14.0. The molecule has 0 aromatic carbocycles. The molecule has 0 saturated heterocycles. The normalized spacial score (nSPS) is 10.9. The Kier molecular flexibility index (Phi) is 5.36. The number of carbonyl (C=O) groups is 1. The van der Waals surface area contributed by atoms with Crippen molar-refractivity contribution in [3.8, 4) is 5.13 Å². The number of nitrogens with zero attached hydrogens (tertiary/aromatic N) is 3. The summed E-state index contributed by atoms with van der Waals surface area (Å²) in [5.74, 6) is 0.00620. The van der Waals surface area contributed by atoms with Crippen LogP contribution >= 0.6 is 22.9 Å². The first-order valence-corrected chi connectivity index (χ1v) is 8.22. The Bertz CT molecular complexity index is 635. The fraction of sp³-hybridized carbons (Fsp3) is 0.500. The SMILES string of the molecule is CCCCNC(=O)Cc1csc(-n2nc(C)c(Cl)c2C)n1. The van der Waals surface area contributed by atoms with Gasteiger partial charge < -0.3 is 5.32 Å². The summed E-state index contributed by atoms with van der Waals surface area (Å²) in [7, 11) is 0. The van der Waals surface area contributed by atoms with Gasteiger partial charge in [-0.05, 0) is 20.3 Å². The predicted molar refractivity (Wildman–Crippen MR) is 85.3 cm³/mol. The summed E-state index contributed by atoms with van der Waals surface area (Å²) in [5.41, 5.74) is 2.40. The molecule has 21 heavy (non-hydrogen) atoms. The van der Waals surface area contributed by atoms with E-state index < -0.39 is 0 Å². The average molecular weight is 327 g/mol.